The minimum Gasteiger partial charge on any atom is -0.491 e. The van der Waals surface area contributed by atoms with Crippen LogP contribution >= 0.6 is 22.7 Å². The van der Waals surface area contributed by atoms with Crippen LogP contribution in [0.3, 0.4) is 0 Å². The number of aryl methyl sites for hydroxylation is 2. The summed E-state index contributed by atoms with van der Waals surface area (Å²) < 4.78 is 28.9. The van der Waals surface area contributed by atoms with Gasteiger partial charge in [-0.1, -0.05) is 38.1 Å². The summed E-state index contributed by atoms with van der Waals surface area (Å²) in [7, 11) is 0. The van der Waals surface area contributed by atoms with Gasteiger partial charge in [0.1, 0.15) is 43.1 Å². The van der Waals surface area contributed by atoms with Gasteiger partial charge >= 0.3 is 0 Å². The molecule has 4 aromatic carbocycles. The maximum atomic E-state index is 13.3. The summed E-state index contributed by atoms with van der Waals surface area (Å²) in [5.41, 5.74) is 0.758. The SMILES string of the molecule is CCCN(CCCOC(C)(C)CC(C)OC(C)(C)CC(O)N(CCC)CC(O)COc1cc(C)c2sc3ccccc3c(=O)c2c1)CC(O)COc1cc(C)c2sc3ccccc3c(=O)c2c1. The smallest absolute Gasteiger partial charge is 0.196 e. The molecule has 0 aliphatic carbocycles. The van der Waals surface area contributed by atoms with E-state index in [1.54, 1.807) is 34.8 Å². The first kappa shape index (κ1) is 52.4. The van der Waals surface area contributed by atoms with Gasteiger partial charge in [-0.05, 0) is 134 Å². The molecule has 0 bridgehead atoms. The number of nitrogens with zero attached hydrogens (tertiary/aromatic N) is 2. The van der Waals surface area contributed by atoms with Crippen molar-refractivity contribution in [3.63, 3.8) is 0 Å². The van der Waals surface area contributed by atoms with Crippen LogP contribution in [0, 0.1) is 13.8 Å². The Morgan fingerprint density at radius 2 is 1.15 bits per heavy atom. The van der Waals surface area contributed by atoms with E-state index in [1.807, 2.05) is 107 Å². The monoisotopic (exact) mass is 956 g/mol. The molecule has 2 heterocycles. The van der Waals surface area contributed by atoms with E-state index in [2.05, 4.69) is 25.7 Å². The second kappa shape index (κ2) is 23.5. The van der Waals surface area contributed by atoms with Crippen LogP contribution in [0.1, 0.15) is 91.7 Å². The zero-order valence-electron chi connectivity index (χ0n) is 40.9. The maximum absolute atomic E-state index is 13.3. The molecule has 0 saturated heterocycles. The molecule has 0 amide bonds. The Labute approximate surface area is 403 Å². The Hall–Kier alpha value is -4.02. The number of ether oxygens (including phenoxy) is 4. The van der Waals surface area contributed by atoms with E-state index in [-0.39, 0.29) is 36.7 Å². The maximum Gasteiger partial charge on any atom is 0.196 e. The first-order chi connectivity index (χ1) is 31.9. The molecular formula is C54H72N2O9S2. The highest BCUT2D eigenvalue weighted by Crippen LogP contribution is 2.33. The minimum atomic E-state index is -0.875. The molecule has 0 aliphatic rings. The van der Waals surface area contributed by atoms with Gasteiger partial charge < -0.3 is 39.2 Å². The average molecular weight is 957 g/mol. The summed E-state index contributed by atoms with van der Waals surface area (Å²) in [6.45, 7) is 21.8. The molecule has 0 fully saturated rings. The highest BCUT2D eigenvalue weighted by atomic mass is 32.1. The number of benzene rings is 4. The fourth-order valence-corrected chi connectivity index (χ4v) is 11.4. The highest BCUT2D eigenvalue weighted by Gasteiger charge is 2.32. The lowest BCUT2D eigenvalue weighted by Crippen LogP contribution is -2.47. The summed E-state index contributed by atoms with van der Waals surface area (Å²) in [6.07, 6.45) is 0.922. The van der Waals surface area contributed by atoms with Crippen molar-refractivity contribution in [2.75, 3.05) is 52.5 Å². The van der Waals surface area contributed by atoms with Gasteiger partial charge in [-0.3, -0.25) is 14.5 Å². The van der Waals surface area contributed by atoms with E-state index in [1.165, 1.54) is 0 Å². The third-order valence-electron chi connectivity index (χ3n) is 12.0. The second-order valence-electron chi connectivity index (χ2n) is 19.4. The molecule has 4 atom stereocenters. The largest absolute Gasteiger partial charge is 0.491 e. The Morgan fingerprint density at radius 1 is 0.642 bits per heavy atom. The van der Waals surface area contributed by atoms with Crippen LogP contribution in [0.15, 0.2) is 82.4 Å². The zero-order valence-corrected chi connectivity index (χ0v) is 42.6. The summed E-state index contributed by atoms with van der Waals surface area (Å²) in [5.74, 6) is 1.11. The number of fused-ring (bicyclic) bond motifs is 4. The third-order valence-corrected chi connectivity index (χ3v) is 14.7. The predicted octanol–water partition coefficient (Wildman–Crippen LogP) is 9.83. The first-order valence-electron chi connectivity index (χ1n) is 23.9. The van der Waals surface area contributed by atoms with Gasteiger partial charge in [0.05, 0.1) is 17.3 Å². The molecule has 6 rings (SSSR count). The fraction of sp³-hybridized carbons (Fsp3) is 0.519. The van der Waals surface area contributed by atoms with Crippen LogP contribution in [0.4, 0.5) is 0 Å². The van der Waals surface area contributed by atoms with Crippen molar-refractivity contribution in [2.45, 2.75) is 130 Å². The number of hydrogen-bond donors (Lipinski definition) is 3. The summed E-state index contributed by atoms with van der Waals surface area (Å²) >= 11 is 3.20. The lowest BCUT2D eigenvalue weighted by atomic mass is 9.98. The number of aliphatic hydroxyl groups excluding tert-OH is 3. The molecule has 2 aromatic heterocycles. The van der Waals surface area contributed by atoms with Gasteiger partial charge in [0.15, 0.2) is 10.9 Å². The van der Waals surface area contributed by atoms with E-state index in [4.69, 9.17) is 18.9 Å². The summed E-state index contributed by atoms with van der Waals surface area (Å²) in [5, 5.41) is 36.2. The molecule has 3 N–H and O–H groups in total. The molecule has 0 radical (unpaired) electrons. The van der Waals surface area contributed by atoms with Crippen molar-refractivity contribution >= 4 is 63.0 Å². The van der Waals surface area contributed by atoms with Crippen molar-refractivity contribution in [1.29, 1.82) is 0 Å². The normalized spacial score (nSPS) is 14.4. The second-order valence-corrected chi connectivity index (χ2v) is 21.5. The van der Waals surface area contributed by atoms with Crippen molar-refractivity contribution in [3.8, 4) is 11.5 Å². The van der Waals surface area contributed by atoms with Crippen molar-refractivity contribution in [3.05, 3.63) is 104 Å². The van der Waals surface area contributed by atoms with Gasteiger partial charge in [-0.15, -0.1) is 22.7 Å². The fourth-order valence-electron chi connectivity index (χ4n) is 9.16. The zero-order chi connectivity index (χ0) is 48.5. The molecule has 0 saturated carbocycles. The Morgan fingerprint density at radius 3 is 1.67 bits per heavy atom. The van der Waals surface area contributed by atoms with Crippen LogP contribution in [0.2, 0.25) is 0 Å². The molecular weight excluding hydrogens is 885 g/mol. The minimum absolute atomic E-state index is 0.00384. The van der Waals surface area contributed by atoms with Crippen molar-refractivity contribution < 1.29 is 34.3 Å². The van der Waals surface area contributed by atoms with Gasteiger partial charge in [0, 0.05) is 86.0 Å². The van der Waals surface area contributed by atoms with Crippen LogP contribution in [0.5, 0.6) is 11.5 Å². The van der Waals surface area contributed by atoms with E-state index in [0.29, 0.717) is 65.6 Å². The molecule has 13 heteroatoms. The van der Waals surface area contributed by atoms with E-state index in [9.17, 15) is 24.9 Å². The molecule has 0 aliphatic heterocycles. The predicted molar refractivity (Wildman–Crippen MR) is 277 cm³/mol. The number of rotatable bonds is 26. The average Bonchev–Trinajstić information content (AvgIpc) is 3.26. The van der Waals surface area contributed by atoms with Crippen LogP contribution in [-0.2, 0) is 9.47 Å². The molecule has 6 aromatic rings. The topological polar surface area (TPSA) is 138 Å². The van der Waals surface area contributed by atoms with Crippen LogP contribution in [-0.4, -0.2) is 113 Å². The lowest BCUT2D eigenvalue weighted by Gasteiger charge is -2.38. The first-order valence-corrected chi connectivity index (χ1v) is 25.5. The molecule has 4 unspecified atom stereocenters. The van der Waals surface area contributed by atoms with Gasteiger partial charge in [0.2, 0.25) is 0 Å². The molecule has 67 heavy (non-hydrogen) atoms. The summed E-state index contributed by atoms with van der Waals surface area (Å²) in [6, 6.07) is 22.7. The Balaban J connectivity index is 0.924. The van der Waals surface area contributed by atoms with Crippen molar-refractivity contribution in [2.24, 2.45) is 0 Å². The molecule has 0 spiro atoms. The molecule has 11 nitrogen and oxygen atoms in total. The Kier molecular flexibility index (Phi) is 18.4. The highest BCUT2D eigenvalue weighted by molar-refractivity contribution is 7.25. The lowest BCUT2D eigenvalue weighted by molar-refractivity contribution is -0.138. The van der Waals surface area contributed by atoms with Crippen LogP contribution < -0.4 is 20.3 Å². The van der Waals surface area contributed by atoms with E-state index < -0.39 is 29.6 Å². The standard InChI is InChI=1S/C54H72N2O9S2/c1-10-21-55(31-38(57)33-62-40-25-35(3)51-44(27-40)49(60)42-17-12-14-19-46(42)66-51)23-16-24-64-53(6,7)29-37(5)65-54(8,9)30-48(59)56(22-11-2)32-39(58)34-63-41-26-36(4)52-45(28-41)50(61)43-18-13-15-20-47(43)67-52/h12-15,17-20,25-28,37-39,48,57-59H,10-11,16,21-24,29-34H2,1-9H3. The van der Waals surface area contributed by atoms with E-state index in [0.717, 1.165) is 62.3 Å². The van der Waals surface area contributed by atoms with Crippen molar-refractivity contribution in [1.82, 2.24) is 9.80 Å². The number of aliphatic hydroxyl groups is 3. The molecule has 364 valence electrons. The Bertz CT molecular complexity index is 2700. The van der Waals surface area contributed by atoms with Gasteiger partial charge in [-0.2, -0.15) is 0 Å². The van der Waals surface area contributed by atoms with Gasteiger partial charge in [0.25, 0.3) is 0 Å². The quantitative estimate of drug-likeness (QED) is 0.0272. The van der Waals surface area contributed by atoms with E-state index >= 15 is 0 Å². The number of hydrogen-bond acceptors (Lipinski definition) is 13. The van der Waals surface area contributed by atoms with Gasteiger partial charge in [-0.25, -0.2) is 0 Å². The van der Waals surface area contributed by atoms with Crippen LogP contribution in [0.25, 0.3) is 40.3 Å². The third kappa shape index (κ3) is 14.3. The summed E-state index contributed by atoms with van der Waals surface area (Å²) in [4.78, 5) is 30.7.